The van der Waals surface area contributed by atoms with Crippen LogP contribution in [0.15, 0.2) is 12.4 Å². The van der Waals surface area contributed by atoms with Crippen LogP contribution in [0.5, 0.6) is 0 Å². The molecule has 1 rings (SSSR count). The summed E-state index contributed by atoms with van der Waals surface area (Å²) in [4.78, 5) is 22.6. The number of amides is 2. The molecular formula is C12H20N4O3. The summed E-state index contributed by atoms with van der Waals surface area (Å²) < 4.78 is 1.64. The Morgan fingerprint density at radius 3 is 2.79 bits per heavy atom. The Labute approximate surface area is 112 Å². The molecule has 0 aliphatic heterocycles. The average molecular weight is 268 g/mol. The first kappa shape index (κ1) is 15.0. The van der Waals surface area contributed by atoms with Crippen LogP contribution in [0.25, 0.3) is 0 Å². The first-order chi connectivity index (χ1) is 9.02. The summed E-state index contributed by atoms with van der Waals surface area (Å²) in [6, 6.07) is -1.32. The lowest BCUT2D eigenvalue weighted by Gasteiger charge is -2.14. The van der Waals surface area contributed by atoms with Gasteiger partial charge in [0.05, 0.1) is 6.20 Å². The first-order valence-electron chi connectivity index (χ1n) is 6.27. The van der Waals surface area contributed by atoms with Crippen LogP contribution in [-0.4, -0.2) is 32.9 Å². The first-order valence-corrected chi connectivity index (χ1v) is 6.27. The van der Waals surface area contributed by atoms with Crippen molar-refractivity contribution in [2.75, 3.05) is 0 Å². The Morgan fingerprint density at radius 1 is 1.53 bits per heavy atom. The SMILES string of the molecule is CCCCC(NC(=O)NCc1cnn(C)c1)C(=O)O. The summed E-state index contributed by atoms with van der Waals surface area (Å²) in [6.07, 6.45) is 5.52. The molecule has 1 aromatic heterocycles. The van der Waals surface area contributed by atoms with Crippen molar-refractivity contribution in [3.05, 3.63) is 18.0 Å². The van der Waals surface area contributed by atoms with Gasteiger partial charge in [-0.25, -0.2) is 9.59 Å². The van der Waals surface area contributed by atoms with Crippen molar-refractivity contribution < 1.29 is 14.7 Å². The maximum atomic E-state index is 11.6. The normalized spacial score (nSPS) is 11.9. The molecule has 0 saturated carbocycles. The second-order valence-electron chi connectivity index (χ2n) is 4.38. The molecule has 1 unspecified atom stereocenters. The number of urea groups is 1. The molecule has 0 aliphatic carbocycles. The van der Waals surface area contributed by atoms with Crippen LogP contribution >= 0.6 is 0 Å². The van der Waals surface area contributed by atoms with Crippen molar-refractivity contribution in [2.24, 2.45) is 7.05 Å². The highest BCUT2D eigenvalue weighted by molar-refractivity contribution is 5.82. The van der Waals surface area contributed by atoms with Gasteiger partial charge in [0.25, 0.3) is 0 Å². The Bertz CT molecular complexity index is 430. The Kier molecular flexibility index (Phi) is 5.84. The number of hydrogen-bond donors (Lipinski definition) is 3. The highest BCUT2D eigenvalue weighted by atomic mass is 16.4. The maximum Gasteiger partial charge on any atom is 0.326 e. The zero-order valence-electron chi connectivity index (χ0n) is 11.2. The number of nitrogens with one attached hydrogen (secondary N) is 2. The molecule has 0 aromatic carbocycles. The highest BCUT2D eigenvalue weighted by Gasteiger charge is 2.18. The largest absolute Gasteiger partial charge is 0.480 e. The number of carboxylic acids is 1. The molecule has 2 amide bonds. The molecule has 7 heteroatoms. The third-order valence-electron chi connectivity index (χ3n) is 2.66. The van der Waals surface area contributed by atoms with E-state index in [0.29, 0.717) is 13.0 Å². The lowest BCUT2D eigenvalue weighted by Crippen LogP contribution is -2.45. The van der Waals surface area contributed by atoms with Crippen molar-refractivity contribution >= 4 is 12.0 Å². The smallest absolute Gasteiger partial charge is 0.326 e. The van der Waals surface area contributed by atoms with E-state index in [9.17, 15) is 9.59 Å². The van der Waals surface area contributed by atoms with E-state index < -0.39 is 18.0 Å². The quantitative estimate of drug-likeness (QED) is 0.683. The van der Waals surface area contributed by atoms with Gasteiger partial charge in [0.2, 0.25) is 0 Å². The molecule has 0 bridgehead atoms. The molecule has 1 atom stereocenters. The summed E-state index contributed by atoms with van der Waals surface area (Å²) in [5.74, 6) is -1.01. The van der Waals surface area contributed by atoms with Crippen molar-refractivity contribution in [1.82, 2.24) is 20.4 Å². The summed E-state index contributed by atoms with van der Waals surface area (Å²) in [6.45, 7) is 2.29. The summed E-state index contributed by atoms with van der Waals surface area (Å²) >= 11 is 0. The molecule has 106 valence electrons. The van der Waals surface area contributed by atoms with E-state index in [1.165, 1.54) is 0 Å². The molecule has 1 aromatic rings. The number of aliphatic carboxylic acids is 1. The van der Waals surface area contributed by atoms with E-state index in [-0.39, 0.29) is 0 Å². The Hall–Kier alpha value is -2.05. The molecule has 0 radical (unpaired) electrons. The zero-order chi connectivity index (χ0) is 14.3. The fourth-order valence-corrected chi connectivity index (χ4v) is 1.62. The second-order valence-corrected chi connectivity index (χ2v) is 4.38. The molecule has 0 fully saturated rings. The van der Waals surface area contributed by atoms with Gasteiger partial charge in [-0.05, 0) is 6.42 Å². The van der Waals surface area contributed by atoms with E-state index in [4.69, 9.17) is 5.11 Å². The Morgan fingerprint density at radius 2 is 2.26 bits per heavy atom. The highest BCUT2D eigenvalue weighted by Crippen LogP contribution is 2.01. The third kappa shape index (κ3) is 5.41. The number of aryl methyl sites for hydroxylation is 1. The summed E-state index contributed by atoms with van der Waals surface area (Å²) in [5, 5.41) is 18.0. The fraction of sp³-hybridized carbons (Fsp3) is 0.583. The van der Waals surface area contributed by atoms with Crippen molar-refractivity contribution in [3.63, 3.8) is 0 Å². The number of carbonyl (C=O) groups is 2. The van der Waals surface area contributed by atoms with Gasteiger partial charge in [-0.2, -0.15) is 5.10 Å². The van der Waals surface area contributed by atoms with Gasteiger partial charge < -0.3 is 15.7 Å². The van der Waals surface area contributed by atoms with Gasteiger partial charge in [-0.1, -0.05) is 19.8 Å². The lowest BCUT2D eigenvalue weighted by atomic mass is 10.1. The molecule has 19 heavy (non-hydrogen) atoms. The van der Waals surface area contributed by atoms with E-state index in [1.54, 1.807) is 24.1 Å². The second kappa shape index (κ2) is 7.40. The minimum Gasteiger partial charge on any atom is -0.480 e. The summed E-state index contributed by atoms with van der Waals surface area (Å²) in [7, 11) is 1.79. The molecule has 0 spiro atoms. The minimum absolute atomic E-state index is 0.319. The Balaban J connectivity index is 2.37. The number of carbonyl (C=O) groups excluding carboxylic acids is 1. The number of carboxylic acid groups (broad SMARTS) is 1. The van der Waals surface area contributed by atoms with Crippen LogP contribution in [0.2, 0.25) is 0 Å². The number of nitrogens with zero attached hydrogens (tertiary/aromatic N) is 2. The van der Waals surface area contributed by atoms with Gasteiger partial charge in [0, 0.05) is 25.4 Å². The topological polar surface area (TPSA) is 96.3 Å². The van der Waals surface area contributed by atoms with E-state index in [0.717, 1.165) is 18.4 Å². The number of unbranched alkanes of at least 4 members (excludes halogenated alkanes) is 1. The predicted octanol–water partition coefficient (Wildman–Crippen LogP) is 0.863. The zero-order valence-corrected chi connectivity index (χ0v) is 11.2. The van der Waals surface area contributed by atoms with Crippen LogP contribution < -0.4 is 10.6 Å². The number of rotatable bonds is 7. The standard InChI is InChI=1S/C12H20N4O3/c1-3-4-5-10(11(17)18)15-12(19)13-6-9-7-14-16(2)8-9/h7-8,10H,3-6H2,1-2H3,(H,17,18)(H2,13,15,19). The van der Waals surface area contributed by atoms with E-state index >= 15 is 0 Å². The monoisotopic (exact) mass is 268 g/mol. The molecule has 3 N–H and O–H groups in total. The number of hydrogen-bond acceptors (Lipinski definition) is 3. The fourth-order valence-electron chi connectivity index (χ4n) is 1.62. The van der Waals surface area contributed by atoms with Crippen LogP contribution in [0, 0.1) is 0 Å². The third-order valence-corrected chi connectivity index (χ3v) is 2.66. The lowest BCUT2D eigenvalue weighted by molar-refractivity contribution is -0.139. The van der Waals surface area contributed by atoms with Crippen molar-refractivity contribution in [3.8, 4) is 0 Å². The van der Waals surface area contributed by atoms with Crippen molar-refractivity contribution in [1.29, 1.82) is 0 Å². The van der Waals surface area contributed by atoms with Gasteiger partial charge in [-0.15, -0.1) is 0 Å². The molecule has 1 heterocycles. The molecular weight excluding hydrogens is 248 g/mol. The van der Waals surface area contributed by atoms with Gasteiger partial charge >= 0.3 is 12.0 Å². The van der Waals surface area contributed by atoms with Crippen LogP contribution in [0.4, 0.5) is 4.79 Å². The van der Waals surface area contributed by atoms with E-state index in [1.807, 2.05) is 6.92 Å². The molecule has 0 aliphatic rings. The predicted molar refractivity (Wildman–Crippen MR) is 69.5 cm³/mol. The minimum atomic E-state index is -1.01. The van der Waals surface area contributed by atoms with E-state index in [2.05, 4.69) is 15.7 Å². The molecule has 7 nitrogen and oxygen atoms in total. The molecule has 0 saturated heterocycles. The van der Waals surface area contributed by atoms with Gasteiger partial charge in [0.15, 0.2) is 0 Å². The van der Waals surface area contributed by atoms with Crippen LogP contribution in [-0.2, 0) is 18.4 Å². The van der Waals surface area contributed by atoms with Crippen molar-refractivity contribution in [2.45, 2.75) is 38.8 Å². The van der Waals surface area contributed by atoms with Crippen LogP contribution in [0.3, 0.4) is 0 Å². The number of aromatic nitrogens is 2. The van der Waals surface area contributed by atoms with Gasteiger partial charge in [0.1, 0.15) is 6.04 Å². The van der Waals surface area contributed by atoms with Gasteiger partial charge in [-0.3, -0.25) is 4.68 Å². The maximum absolute atomic E-state index is 11.6. The van der Waals surface area contributed by atoms with Crippen LogP contribution in [0.1, 0.15) is 31.7 Å². The summed E-state index contributed by atoms with van der Waals surface area (Å²) in [5.41, 5.74) is 0.859. The average Bonchev–Trinajstić information content (AvgIpc) is 2.77.